The maximum atomic E-state index is 10.9. The van der Waals surface area contributed by atoms with Gasteiger partial charge in [0.2, 0.25) is 0 Å². The van der Waals surface area contributed by atoms with Gasteiger partial charge in [0.1, 0.15) is 4.87 Å². The maximum Gasteiger partial charge on any atom is 0.515 e. The number of esters is 1. The number of ether oxygens (including phenoxy) is 2. The molecular formula is C7H13NO6S. The number of hydrogen-bond donors (Lipinski definition) is 2. The molecule has 0 aliphatic carbocycles. The molecule has 0 spiro atoms. The predicted octanol–water partition coefficient (Wildman–Crippen LogP) is -0.637. The number of rotatable bonds is 4. The average molecular weight is 239 g/mol. The third-order valence-corrected chi connectivity index (χ3v) is 2.67. The van der Waals surface area contributed by atoms with Crippen molar-refractivity contribution in [3.8, 4) is 0 Å². The minimum atomic E-state index is -2.84. The number of methoxy groups -OCH3 is 1. The third kappa shape index (κ3) is 5.33. The summed E-state index contributed by atoms with van der Waals surface area (Å²) >= 11 is 0. The van der Waals surface area contributed by atoms with Crippen molar-refractivity contribution in [1.82, 2.24) is 0 Å². The van der Waals surface area contributed by atoms with Crippen molar-refractivity contribution in [3.05, 3.63) is 0 Å². The Bertz CT molecular complexity index is 313. The smallest absolute Gasteiger partial charge is 0.437 e. The van der Waals surface area contributed by atoms with E-state index in [0.717, 1.165) is 7.11 Å². The van der Waals surface area contributed by atoms with Gasteiger partial charge >= 0.3 is 12.1 Å². The summed E-state index contributed by atoms with van der Waals surface area (Å²) in [5.41, 5.74) is 5.35. The molecule has 15 heavy (non-hydrogen) atoms. The second-order valence-electron chi connectivity index (χ2n) is 3.04. The Morgan fingerprint density at radius 3 is 2.33 bits per heavy atom. The van der Waals surface area contributed by atoms with E-state index >= 15 is 0 Å². The Hall–Kier alpha value is -1.15. The lowest BCUT2D eigenvalue weighted by molar-refractivity contribution is -0.139. The third-order valence-electron chi connectivity index (χ3n) is 1.62. The van der Waals surface area contributed by atoms with E-state index in [1.54, 1.807) is 0 Å². The van der Waals surface area contributed by atoms with Crippen LogP contribution in [0.5, 0.6) is 0 Å². The highest BCUT2D eigenvalue weighted by atomic mass is 32.2. The fourth-order valence-electron chi connectivity index (χ4n) is 0.632. The van der Waals surface area contributed by atoms with Crippen LogP contribution in [-0.2, 0) is 25.0 Å². The zero-order chi connectivity index (χ0) is 12.1. The lowest BCUT2D eigenvalue weighted by Crippen LogP contribution is -2.38. The number of carbonyl (C=O) groups is 2. The normalized spacial score (nSPS) is 14.4. The molecule has 88 valence electrons. The summed E-state index contributed by atoms with van der Waals surface area (Å²) in [5.74, 6) is -0.879. The van der Waals surface area contributed by atoms with Crippen LogP contribution in [0.25, 0.3) is 0 Å². The van der Waals surface area contributed by atoms with E-state index in [9.17, 15) is 18.0 Å². The van der Waals surface area contributed by atoms with Gasteiger partial charge < -0.3 is 15.2 Å². The zero-order valence-electron chi connectivity index (χ0n) is 8.39. The number of thiol groups is 1. The van der Waals surface area contributed by atoms with E-state index in [1.165, 1.54) is 6.92 Å². The van der Waals surface area contributed by atoms with E-state index in [4.69, 9.17) is 5.73 Å². The minimum absolute atomic E-state index is 0.123. The van der Waals surface area contributed by atoms with Crippen molar-refractivity contribution in [2.75, 3.05) is 7.11 Å². The Labute approximate surface area is 88.5 Å². The molecule has 2 N–H and O–H groups in total. The van der Waals surface area contributed by atoms with Gasteiger partial charge in [-0.2, -0.15) is 0 Å². The van der Waals surface area contributed by atoms with Gasteiger partial charge in [-0.3, -0.25) is 4.79 Å². The highest BCUT2D eigenvalue weighted by Gasteiger charge is 2.24. The fourth-order valence-corrected chi connectivity index (χ4v) is 0.926. The minimum Gasteiger partial charge on any atom is -0.437 e. The lowest BCUT2D eigenvalue weighted by Gasteiger charge is -2.15. The van der Waals surface area contributed by atoms with Crippen LogP contribution in [0.15, 0.2) is 0 Å². The fraction of sp³-hybridized carbons (Fsp3) is 0.714. The molecule has 0 aliphatic rings. The highest BCUT2D eigenvalue weighted by Crippen LogP contribution is 2.10. The topological polar surface area (TPSA) is 113 Å². The van der Waals surface area contributed by atoms with Gasteiger partial charge in [0, 0.05) is 6.42 Å². The molecule has 8 heteroatoms. The molecule has 0 radical (unpaired) electrons. The van der Waals surface area contributed by atoms with Crippen molar-refractivity contribution in [1.29, 1.82) is 0 Å². The molecule has 0 aromatic rings. The Morgan fingerprint density at radius 1 is 1.40 bits per heavy atom. The second kappa shape index (κ2) is 5.66. The van der Waals surface area contributed by atoms with Crippen molar-refractivity contribution in [2.24, 2.45) is 5.73 Å². The summed E-state index contributed by atoms with van der Waals surface area (Å²) < 4.78 is 29.4. The number of carbonyl (C=O) groups excluding carboxylic acids is 2. The van der Waals surface area contributed by atoms with Crippen molar-refractivity contribution >= 4 is 22.8 Å². The molecule has 0 amide bonds. The molecule has 0 aromatic carbocycles. The average Bonchev–Trinajstić information content (AvgIpc) is 2.14. The van der Waals surface area contributed by atoms with Crippen molar-refractivity contribution in [2.45, 2.75) is 24.6 Å². The van der Waals surface area contributed by atoms with Gasteiger partial charge in [-0.1, -0.05) is 0 Å². The zero-order valence-corrected chi connectivity index (χ0v) is 9.28. The number of nitrogens with two attached hydrogens (primary N) is 1. The molecule has 7 nitrogen and oxygen atoms in total. The molecule has 0 fully saturated rings. The van der Waals surface area contributed by atoms with Crippen LogP contribution in [0.4, 0.5) is 4.79 Å². The summed E-state index contributed by atoms with van der Waals surface area (Å²) in [6.07, 6.45) is -1.53. The van der Waals surface area contributed by atoms with Crippen LogP contribution in [0.1, 0.15) is 19.8 Å². The van der Waals surface area contributed by atoms with Gasteiger partial charge in [0.05, 0.1) is 7.11 Å². The molecule has 1 unspecified atom stereocenters. The van der Waals surface area contributed by atoms with Crippen LogP contribution >= 0.6 is 0 Å². The maximum absolute atomic E-state index is 10.9. The summed E-state index contributed by atoms with van der Waals surface area (Å²) in [5, 5.41) is 0. The molecular weight excluding hydrogens is 226 g/mol. The molecule has 0 bridgehead atoms. The monoisotopic (exact) mass is 239 g/mol. The Balaban J connectivity index is 4.07. The standard InChI is InChI=1S/C7H13NO6S/c1-7(8,15(11)12)4-3-5(9)14-6(10)13-2/h15H,3-4,8H2,1-2H3. The SMILES string of the molecule is COC(=O)OC(=O)CCC(C)(N)[SH](=O)=O. The first-order chi connectivity index (χ1) is 6.79. The first-order valence-electron chi connectivity index (χ1n) is 4.01. The summed E-state index contributed by atoms with van der Waals surface area (Å²) in [7, 11) is -1.79. The van der Waals surface area contributed by atoms with E-state index < -0.39 is 27.7 Å². The van der Waals surface area contributed by atoms with Gasteiger partial charge in [-0.25, -0.2) is 13.2 Å². The van der Waals surface area contributed by atoms with Crippen LogP contribution < -0.4 is 5.73 Å². The van der Waals surface area contributed by atoms with Crippen LogP contribution in [0.2, 0.25) is 0 Å². The number of hydrogen-bond acceptors (Lipinski definition) is 7. The largest absolute Gasteiger partial charge is 0.515 e. The summed E-state index contributed by atoms with van der Waals surface area (Å²) in [6, 6.07) is 0. The quantitative estimate of drug-likeness (QED) is 0.381. The van der Waals surface area contributed by atoms with Crippen LogP contribution in [-0.4, -0.2) is 32.5 Å². The molecule has 0 saturated carbocycles. The van der Waals surface area contributed by atoms with Gasteiger partial charge in [0.25, 0.3) is 0 Å². The van der Waals surface area contributed by atoms with Crippen molar-refractivity contribution in [3.63, 3.8) is 0 Å². The highest BCUT2D eigenvalue weighted by molar-refractivity contribution is 7.73. The molecule has 1 atom stereocenters. The lowest BCUT2D eigenvalue weighted by atomic mass is 10.2. The van der Waals surface area contributed by atoms with E-state index in [0.29, 0.717) is 0 Å². The first kappa shape index (κ1) is 13.8. The molecule has 0 heterocycles. The van der Waals surface area contributed by atoms with Crippen molar-refractivity contribution < 1.29 is 27.5 Å². The summed E-state index contributed by atoms with van der Waals surface area (Å²) in [6.45, 7) is 1.27. The van der Waals surface area contributed by atoms with Gasteiger partial charge in [0.15, 0.2) is 10.7 Å². The van der Waals surface area contributed by atoms with E-state index in [1.807, 2.05) is 0 Å². The van der Waals surface area contributed by atoms with E-state index in [-0.39, 0.29) is 12.8 Å². The molecule has 0 rings (SSSR count). The Morgan fingerprint density at radius 2 is 1.93 bits per heavy atom. The second-order valence-corrected chi connectivity index (χ2v) is 4.58. The molecule has 0 saturated heterocycles. The molecule has 0 aromatic heterocycles. The first-order valence-corrected chi connectivity index (χ1v) is 5.19. The van der Waals surface area contributed by atoms with E-state index in [2.05, 4.69) is 9.47 Å². The Kier molecular flexibility index (Phi) is 5.23. The van der Waals surface area contributed by atoms with Gasteiger partial charge in [-0.15, -0.1) is 0 Å². The van der Waals surface area contributed by atoms with Gasteiger partial charge in [-0.05, 0) is 13.3 Å². The summed E-state index contributed by atoms with van der Waals surface area (Å²) in [4.78, 5) is 19.9. The van der Waals surface area contributed by atoms with Crippen LogP contribution in [0.3, 0.4) is 0 Å². The molecule has 0 aliphatic heterocycles. The predicted molar refractivity (Wildman–Crippen MR) is 50.6 cm³/mol. The van der Waals surface area contributed by atoms with Crippen LogP contribution in [0, 0.1) is 0 Å².